The van der Waals surface area contributed by atoms with E-state index in [0.717, 1.165) is 17.0 Å². The Labute approximate surface area is 121 Å². The topological polar surface area (TPSA) is 111 Å². The molecule has 7 nitrogen and oxygen atoms in total. The van der Waals surface area contributed by atoms with Gasteiger partial charge in [-0.15, -0.1) is 0 Å². The predicted molar refractivity (Wildman–Crippen MR) is 76.3 cm³/mol. The van der Waals surface area contributed by atoms with Gasteiger partial charge in [0.25, 0.3) is 5.56 Å². The molecule has 0 saturated heterocycles. The fraction of sp³-hybridized carbons (Fsp3) is 0.167. The number of rotatable bonds is 2. The molecule has 3 aromatic heterocycles. The minimum Gasteiger partial charge on any atom is -0.396 e. The van der Waals surface area contributed by atoms with Crippen molar-refractivity contribution in [3.63, 3.8) is 0 Å². The molecule has 0 fully saturated rings. The molecule has 3 heterocycles. The standard InChI is InChI=1S/C12H10BrN5O2/c1-5-7(4-6-2-3-8(13)12(19)16-6)9(14)10-11(15-5)18-20-17-10/h2-3H,4,14H2,1H3,(H,16,19). The Morgan fingerprint density at radius 1 is 1.40 bits per heavy atom. The fourth-order valence-corrected chi connectivity index (χ4v) is 2.24. The maximum atomic E-state index is 11.6. The molecule has 3 N–H and O–H groups in total. The molecule has 0 amide bonds. The second-order valence-electron chi connectivity index (χ2n) is 4.36. The SMILES string of the molecule is Cc1nc2nonc2c(N)c1Cc1ccc(Br)c(=O)[nH]1. The second kappa shape index (κ2) is 4.71. The first-order valence-electron chi connectivity index (χ1n) is 5.81. The van der Waals surface area contributed by atoms with Crippen LogP contribution in [0.25, 0.3) is 11.2 Å². The number of nitrogens with one attached hydrogen (secondary N) is 1. The summed E-state index contributed by atoms with van der Waals surface area (Å²) < 4.78 is 5.12. The van der Waals surface area contributed by atoms with E-state index in [1.54, 1.807) is 6.07 Å². The monoisotopic (exact) mass is 335 g/mol. The molecule has 0 aliphatic rings. The highest BCUT2D eigenvalue weighted by Crippen LogP contribution is 2.25. The first kappa shape index (κ1) is 12.8. The van der Waals surface area contributed by atoms with Gasteiger partial charge >= 0.3 is 0 Å². The molecule has 0 spiro atoms. The third-order valence-electron chi connectivity index (χ3n) is 3.05. The largest absolute Gasteiger partial charge is 0.396 e. The van der Waals surface area contributed by atoms with Gasteiger partial charge in [0.2, 0.25) is 5.65 Å². The van der Waals surface area contributed by atoms with Crippen LogP contribution in [0.3, 0.4) is 0 Å². The van der Waals surface area contributed by atoms with Crippen molar-refractivity contribution in [1.82, 2.24) is 20.3 Å². The number of hydrogen-bond acceptors (Lipinski definition) is 6. The lowest BCUT2D eigenvalue weighted by Crippen LogP contribution is -2.11. The lowest BCUT2D eigenvalue weighted by Gasteiger charge is -2.08. The Hall–Kier alpha value is -2.22. The molecule has 102 valence electrons. The number of fused-ring (bicyclic) bond motifs is 1. The van der Waals surface area contributed by atoms with E-state index in [0.29, 0.717) is 27.7 Å². The van der Waals surface area contributed by atoms with Gasteiger partial charge in [-0.1, -0.05) is 0 Å². The van der Waals surface area contributed by atoms with Crippen LogP contribution < -0.4 is 11.3 Å². The van der Waals surface area contributed by atoms with Crippen LogP contribution in [0.5, 0.6) is 0 Å². The van der Waals surface area contributed by atoms with Crippen molar-refractivity contribution >= 4 is 32.8 Å². The van der Waals surface area contributed by atoms with E-state index >= 15 is 0 Å². The highest BCUT2D eigenvalue weighted by Gasteiger charge is 2.15. The van der Waals surface area contributed by atoms with Gasteiger partial charge in [-0.3, -0.25) is 4.79 Å². The Morgan fingerprint density at radius 2 is 2.20 bits per heavy atom. The summed E-state index contributed by atoms with van der Waals surface area (Å²) in [5, 5.41) is 7.41. The summed E-state index contributed by atoms with van der Waals surface area (Å²) in [6, 6.07) is 3.51. The quantitative estimate of drug-likeness (QED) is 0.735. The van der Waals surface area contributed by atoms with Crippen molar-refractivity contribution in [1.29, 1.82) is 0 Å². The smallest absolute Gasteiger partial charge is 0.262 e. The van der Waals surface area contributed by atoms with E-state index in [1.807, 2.05) is 13.0 Å². The average Bonchev–Trinajstić information content (AvgIpc) is 2.87. The normalized spacial score (nSPS) is 11.1. The molecular weight excluding hydrogens is 326 g/mol. The van der Waals surface area contributed by atoms with E-state index in [1.165, 1.54) is 0 Å². The number of H-pyrrole nitrogens is 1. The van der Waals surface area contributed by atoms with Gasteiger partial charge in [0.05, 0.1) is 10.2 Å². The Bertz CT molecular complexity index is 855. The number of aromatic amines is 1. The molecule has 0 bridgehead atoms. The number of nitrogens with zero attached hydrogens (tertiary/aromatic N) is 3. The number of anilines is 1. The van der Waals surface area contributed by atoms with Gasteiger partial charge in [0, 0.05) is 23.4 Å². The molecule has 3 aromatic rings. The summed E-state index contributed by atoms with van der Waals surface area (Å²) in [4.78, 5) is 18.6. The first-order chi connectivity index (χ1) is 9.56. The maximum absolute atomic E-state index is 11.6. The van der Waals surface area contributed by atoms with E-state index in [4.69, 9.17) is 5.73 Å². The van der Waals surface area contributed by atoms with Gasteiger partial charge in [-0.25, -0.2) is 9.61 Å². The molecule has 0 atom stereocenters. The van der Waals surface area contributed by atoms with Crippen LogP contribution in [0.1, 0.15) is 17.0 Å². The van der Waals surface area contributed by atoms with Gasteiger partial charge < -0.3 is 10.7 Å². The van der Waals surface area contributed by atoms with Crippen molar-refractivity contribution in [3.8, 4) is 0 Å². The summed E-state index contributed by atoms with van der Waals surface area (Å²) in [5.74, 6) is 0. The molecule has 8 heteroatoms. The summed E-state index contributed by atoms with van der Waals surface area (Å²) in [7, 11) is 0. The summed E-state index contributed by atoms with van der Waals surface area (Å²) in [6.07, 6.45) is 0.454. The first-order valence-corrected chi connectivity index (χ1v) is 6.60. The van der Waals surface area contributed by atoms with Crippen molar-refractivity contribution in [2.75, 3.05) is 5.73 Å². The Morgan fingerprint density at radius 3 is 2.95 bits per heavy atom. The zero-order valence-corrected chi connectivity index (χ0v) is 12.1. The average molecular weight is 336 g/mol. The van der Waals surface area contributed by atoms with Crippen molar-refractivity contribution < 1.29 is 4.63 Å². The van der Waals surface area contributed by atoms with E-state index in [2.05, 4.69) is 40.8 Å². The van der Waals surface area contributed by atoms with Crippen molar-refractivity contribution in [2.45, 2.75) is 13.3 Å². The van der Waals surface area contributed by atoms with Crippen LogP contribution in [-0.4, -0.2) is 20.3 Å². The molecular formula is C12H10BrN5O2. The molecule has 0 aliphatic carbocycles. The number of nitrogens with two attached hydrogens (primary N) is 1. The number of hydrogen-bond donors (Lipinski definition) is 2. The lowest BCUT2D eigenvalue weighted by molar-refractivity contribution is 0.315. The third-order valence-corrected chi connectivity index (χ3v) is 3.68. The van der Waals surface area contributed by atoms with E-state index in [-0.39, 0.29) is 5.56 Å². The number of nitrogen functional groups attached to an aromatic ring is 1. The lowest BCUT2D eigenvalue weighted by atomic mass is 10.1. The number of pyridine rings is 2. The minimum atomic E-state index is -0.184. The van der Waals surface area contributed by atoms with E-state index in [9.17, 15) is 4.79 Å². The van der Waals surface area contributed by atoms with Crippen LogP contribution in [0.15, 0.2) is 26.0 Å². The van der Waals surface area contributed by atoms with Gasteiger partial charge in [0.1, 0.15) is 0 Å². The summed E-state index contributed by atoms with van der Waals surface area (Å²) in [5.41, 5.74) is 9.45. The summed E-state index contributed by atoms with van der Waals surface area (Å²) >= 11 is 3.16. The minimum absolute atomic E-state index is 0.184. The van der Waals surface area contributed by atoms with Crippen molar-refractivity contribution in [3.05, 3.63) is 43.9 Å². The van der Waals surface area contributed by atoms with Crippen LogP contribution in [0.4, 0.5) is 5.69 Å². The van der Waals surface area contributed by atoms with Crippen LogP contribution in [-0.2, 0) is 6.42 Å². The molecule has 20 heavy (non-hydrogen) atoms. The molecule has 3 rings (SSSR count). The van der Waals surface area contributed by atoms with Gasteiger partial charge in [0.15, 0.2) is 5.52 Å². The molecule has 0 radical (unpaired) electrons. The molecule has 0 aliphatic heterocycles. The zero-order chi connectivity index (χ0) is 14.3. The summed E-state index contributed by atoms with van der Waals surface area (Å²) in [6.45, 7) is 1.83. The van der Waals surface area contributed by atoms with Crippen LogP contribution >= 0.6 is 15.9 Å². The van der Waals surface area contributed by atoms with Crippen molar-refractivity contribution in [2.24, 2.45) is 0 Å². The van der Waals surface area contributed by atoms with Crippen LogP contribution in [0, 0.1) is 6.92 Å². The molecule has 0 aromatic carbocycles. The van der Waals surface area contributed by atoms with E-state index < -0.39 is 0 Å². The highest BCUT2D eigenvalue weighted by atomic mass is 79.9. The molecule has 0 saturated carbocycles. The Kier molecular flexibility index (Phi) is 3.01. The number of aromatic nitrogens is 4. The predicted octanol–water partition coefficient (Wildman–Crippen LogP) is 1.55. The highest BCUT2D eigenvalue weighted by molar-refractivity contribution is 9.10. The zero-order valence-electron chi connectivity index (χ0n) is 10.5. The second-order valence-corrected chi connectivity index (χ2v) is 5.22. The molecule has 0 unspecified atom stereocenters. The van der Waals surface area contributed by atoms with Gasteiger partial charge in [-0.05, 0) is 45.3 Å². The fourth-order valence-electron chi connectivity index (χ4n) is 2.00. The third kappa shape index (κ3) is 2.07. The van der Waals surface area contributed by atoms with Gasteiger partial charge in [-0.2, -0.15) is 0 Å². The number of aryl methyl sites for hydroxylation is 1. The Balaban J connectivity index is 2.09. The van der Waals surface area contributed by atoms with Crippen LogP contribution in [0.2, 0.25) is 0 Å². The number of halogens is 1. The maximum Gasteiger partial charge on any atom is 0.262 e.